The summed E-state index contributed by atoms with van der Waals surface area (Å²) in [6.07, 6.45) is 0. The standard InChI is InChI=1S/C16H25F2N3O/c1-5-19-16(21-12(4)11(2)3)20-10-13-8-6-7-9-14(13)22-15(17)18/h6-9,11-12,15H,5,10H2,1-4H3,(H2,19,20,21). The Balaban J connectivity index is 2.81. The van der Waals surface area contributed by atoms with E-state index in [1.165, 1.54) is 6.07 Å². The van der Waals surface area contributed by atoms with Crippen molar-refractivity contribution in [2.24, 2.45) is 10.9 Å². The lowest BCUT2D eigenvalue weighted by Gasteiger charge is -2.20. The maximum Gasteiger partial charge on any atom is 0.387 e. The van der Waals surface area contributed by atoms with Crippen molar-refractivity contribution in [1.29, 1.82) is 0 Å². The van der Waals surface area contributed by atoms with E-state index < -0.39 is 6.61 Å². The minimum atomic E-state index is -2.84. The highest BCUT2D eigenvalue weighted by atomic mass is 19.3. The number of para-hydroxylation sites is 1. The molecule has 0 amide bonds. The van der Waals surface area contributed by atoms with Crippen LogP contribution in [0.15, 0.2) is 29.3 Å². The fourth-order valence-corrected chi connectivity index (χ4v) is 1.71. The predicted octanol–water partition coefficient (Wildman–Crippen LogP) is 3.39. The van der Waals surface area contributed by atoms with Gasteiger partial charge in [0, 0.05) is 18.2 Å². The number of nitrogens with one attached hydrogen (secondary N) is 2. The normalized spacial score (nSPS) is 13.4. The quantitative estimate of drug-likeness (QED) is 0.599. The first kappa shape index (κ1) is 18.2. The van der Waals surface area contributed by atoms with E-state index in [9.17, 15) is 8.78 Å². The summed E-state index contributed by atoms with van der Waals surface area (Å²) >= 11 is 0. The zero-order valence-corrected chi connectivity index (χ0v) is 13.6. The maximum atomic E-state index is 12.4. The van der Waals surface area contributed by atoms with Crippen molar-refractivity contribution in [1.82, 2.24) is 10.6 Å². The smallest absolute Gasteiger partial charge is 0.387 e. The van der Waals surface area contributed by atoms with E-state index in [-0.39, 0.29) is 18.3 Å². The molecular formula is C16H25F2N3O. The molecule has 0 heterocycles. The van der Waals surface area contributed by atoms with Crippen LogP contribution >= 0.6 is 0 Å². The lowest BCUT2D eigenvalue weighted by molar-refractivity contribution is -0.0504. The van der Waals surface area contributed by atoms with Crippen molar-refractivity contribution in [3.05, 3.63) is 29.8 Å². The Morgan fingerprint density at radius 2 is 1.91 bits per heavy atom. The second kappa shape index (κ2) is 9.23. The number of alkyl halides is 2. The van der Waals surface area contributed by atoms with Crippen molar-refractivity contribution < 1.29 is 13.5 Å². The minimum Gasteiger partial charge on any atom is -0.434 e. The van der Waals surface area contributed by atoms with Crippen molar-refractivity contribution in [3.8, 4) is 5.75 Å². The highest BCUT2D eigenvalue weighted by Gasteiger charge is 2.11. The summed E-state index contributed by atoms with van der Waals surface area (Å²) in [6.45, 7) is 6.45. The third-order valence-electron chi connectivity index (χ3n) is 3.30. The van der Waals surface area contributed by atoms with Crippen LogP contribution in [0.4, 0.5) is 8.78 Å². The molecule has 1 atom stereocenters. The van der Waals surface area contributed by atoms with E-state index in [4.69, 9.17) is 0 Å². The van der Waals surface area contributed by atoms with Crippen LogP contribution in [-0.2, 0) is 6.54 Å². The fourth-order valence-electron chi connectivity index (χ4n) is 1.71. The molecule has 0 spiro atoms. The Labute approximate surface area is 131 Å². The highest BCUT2D eigenvalue weighted by molar-refractivity contribution is 5.80. The van der Waals surface area contributed by atoms with Gasteiger partial charge in [0.05, 0.1) is 6.54 Å². The molecule has 0 aromatic heterocycles. The number of hydrogen-bond donors (Lipinski definition) is 2. The van der Waals surface area contributed by atoms with Crippen molar-refractivity contribution in [2.45, 2.75) is 46.9 Å². The molecule has 0 fully saturated rings. The number of aliphatic imine (C=N–C) groups is 1. The van der Waals surface area contributed by atoms with E-state index >= 15 is 0 Å². The highest BCUT2D eigenvalue weighted by Crippen LogP contribution is 2.20. The zero-order valence-electron chi connectivity index (χ0n) is 13.6. The molecule has 0 saturated heterocycles. The molecule has 0 radical (unpaired) electrons. The van der Waals surface area contributed by atoms with Gasteiger partial charge >= 0.3 is 6.61 Å². The third-order valence-corrected chi connectivity index (χ3v) is 3.30. The molecule has 1 aromatic rings. The third kappa shape index (κ3) is 6.28. The van der Waals surface area contributed by atoms with E-state index in [0.29, 0.717) is 17.4 Å². The summed E-state index contributed by atoms with van der Waals surface area (Å²) < 4.78 is 29.3. The van der Waals surface area contributed by atoms with Gasteiger partial charge in [-0.15, -0.1) is 0 Å². The summed E-state index contributed by atoms with van der Waals surface area (Å²) in [6, 6.07) is 6.95. The average molecular weight is 313 g/mol. The van der Waals surface area contributed by atoms with Crippen molar-refractivity contribution in [2.75, 3.05) is 6.54 Å². The minimum absolute atomic E-state index is 0.161. The molecule has 0 bridgehead atoms. The Bertz CT molecular complexity index is 478. The Kier molecular flexibility index (Phi) is 7.63. The van der Waals surface area contributed by atoms with E-state index in [1.54, 1.807) is 18.2 Å². The van der Waals surface area contributed by atoms with Crippen LogP contribution in [0.2, 0.25) is 0 Å². The van der Waals surface area contributed by atoms with E-state index in [1.807, 2.05) is 6.92 Å². The van der Waals surface area contributed by atoms with Gasteiger partial charge in [0.1, 0.15) is 5.75 Å². The molecular weight excluding hydrogens is 288 g/mol. The summed E-state index contributed by atoms with van der Waals surface area (Å²) in [5, 5.41) is 6.45. The number of rotatable bonds is 7. The number of guanidine groups is 1. The van der Waals surface area contributed by atoms with Crippen LogP contribution in [0.25, 0.3) is 0 Å². The predicted molar refractivity (Wildman–Crippen MR) is 85.3 cm³/mol. The Hall–Kier alpha value is -1.85. The lowest BCUT2D eigenvalue weighted by Crippen LogP contribution is -2.44. The monoisotopic (exact) mass is 313 g/mol. The Morgan fingerprint density at radius 1 is 1.23 bits per heavy atom. The number of ether oxygens (including phenoxy) is 1. The first-order chi connectivity index (χ1) is 10.4. The zero-order chi connectivity index (χ0) is 16.5. The molecule has 0 aliphatic rings. The second-order valence-corrected chi connectivity index (χ2v) is 5.36. The van der Waals surface area contributed by atoms with Gasteiger partial charge in [-0.05, 0) is 25.8 Å². The van der Waals surface area contributed by atoms with E-state index in [0.717, 1.165) is 6.54 Å². The molecule has 1 aromatic carbocycles. The van der Waals surface area contributed by atoms with Gasteiger partial charge in [0.15, 0.2) is 5.96 Å². The number of nitrogens with zero attached hydrogens (tertiary/aromatic N) is 1. The van der Waals surface area contributed by atoms with Crippen LogP contribution in [0.3, 0.4) is 0 Å². The molecule has 124 valence electrons. The fraction of sp³-hybridized carbons (Fsp3) is 0.562. The summed E-state index contributed by atoms with van der Waals surface area (Å²) in [7, 11) is 0. The van der Waals surface area contributed by atoms with Gasteiger partial charge in [0.2, 0.25) is 0 Å². The van der Waals surface area contributed by atoms with Crippen LogP contribution in [0.5, 0.6) is 5.75 Å². The van der Waals surface area contributed by atoms with Gasteiger partial charge in [-0.1, -0.05) is 32.0 Å². The van der Waals surface area contributed by atoms with Gasteiger partial charge in [-0.25, -0.2) is 4.99 Å². The molecule has 1 unspecified atom stereocenters. The lowest BCUT2D eigenvalue weighted by atomic mass is 10.1. The molecule has 22 heavy (non-hydrogen) atoms. The topological polar surface area (TPSA) is 45.7 Å². The second-order valence-electron chi connectivity index (χ2n) is 5.36. The maximum absolute atomic E-state index is 12.4. The van der Waals surface area contributed by atoms with Gasteiger partial charge in [0.25, 0.3) is 0 Å². The molecule has 0 aliphatic carbocycles. The molecule has 2 N–H and O–H groups in total. The van der Waals surface area contributed by atoms with Crippen molar-refractivity contribution >= 4 is 5.96 Å². The van der Waals surface area contributed by atoms with Crippen LogP contribution in [0, 0.1) is 5.92 Å². The first-order valence-corrected chi connectivity index (χ1v) is 7.51. The van der Waals surface area contributed by atoms with Gasteiger partial charge < -0.3 is 15.4 Å². The van der Waals surface area contributed by atoms with Crippen LogP contribution < -0.4 is 15.4 Å². The molecule has 6 heteroatoms. The number of halogens is 2. The Morgan fingerprint density at radius 3 is 2.50 bits per heavy atom. The number of hydrogen-bond acceptors (Lipinski definition) is 2. The van der Waals surface area contributed by atoms with Crippen molar-refractivity contribution in [3.63, 3.8) is 0 Å². The summed E-state index contributed by atoms with van der Waals surface area (Å²) in [5.41, 5.74) is 0.622. The summed E-state index contributed by atoms with van der Waals surface area (Å²) in [4.78, 5) is 4.44. The molecule has 0 saturated carbocycles. The van der Waals surface area contributed by atoms with Gasteiger partial charge in [-0.3, -0.25) is 0 Å². The molecule has 4 nitrogen and oxygen atoms in total. The summed E-state index contributed by atoms with van der Waals surface area (Å²) in [5.74, 6) is 1.28. The molecule has 0 aliphatic heterocycles. The number of benzene rings is 1. The first-order valence-electron chi connectivity index (χ1n) is 7.51. The SMILES string of the molecule is CCNC(=NCc1ccccc1OC(F)F)NC(C)C(C)C. The van der Waals surface area contributed by atoms with Crippen LogP contribution in [0.1, 0.15) is 33.3 Å². The molecule has 1 rings (SSSR count). The average Bonchev–Trinajstić information content (AvgIpc) is 2.45. The largest absolute Gasteiger partial charge is 0.434 e. The van der Waals surface area contributed by atoms with Gasteiger partial charge in [-0.2, -0.15) is 8.78 Å². The van der Waals surface area contributed by atoms with Crippen LogP contribution in [-0.4, -0.2) is 25.2 Å². The van der Waals surface area contributed by atoms with E-state index in [2.05, 4.69) is 41.1 Å².